The first kappa shape index (κ1) is 15.7. The molecule has 0 amide bonds. The van der Waals surface area contributed by atoms with E-state index >= 15 is 0 Å². The van der Waals surface area contributed by atoms with Gasteiger partial charge >= 0.3 is 0 Å². The Bertz CT molecular complexity index is 600. The summed E-state index contributed by atoms with van der Waals surface area (Å²) in [5.74, 6) is 0.968. The fourth-order valence-electron chi connectivity index (χ4n) is 2.63. The van der Waals surface area contributed by atoms with Crippen LogP contribution in [0.3, 0.4) is 0 Å². The molecule has 2 atom stereocenters. The lowest BCUT2D eigenvalue weighted by Crippen LogP contribution is -2.19. The molecule has 0 aliphatic carbocycles. The molecular formula is C16H20BrN3O2. The number of ether oxygens (including phenoxy) is 2. The van der Waals surface area contributed by atoms with E-state index in [1.165, 1.54) is 0 Å². The molecular weight excluding hydrogens is 346 g/mol. The van der Waals surface area contributed by atoms with Gasteiger partial charge in [-0.1, -0.05) is 28.1 Å². The van der Waals surface area contributed by atoms with Crippen LogP contribution in [0.5, 0.6) is 0 Å². The van der Waals surface area contributed by atoms with E-state index in [4.69, 9.17) is 9.47 Å². The second-order valence-electron chi connectivity index (χ2n) is 5.37. The third kappa shape index (κ3) is 3.76. The molecule has 2 heterocycles. The van der Waals surface area contributed by atoms with Gasteiger partial charge in [-0.25, -0.2) is 4.98 Å². The van der Waals surface area contributed by atoms with Gasteiger partial charge in [0.15, 0.2) is 0 Å². The number of halogens is 1. The molecule has 1 aliphatic heterocycles. The molecule has 1 saturated heterocycles. The van der Waals surface area contributed by atoms with Gasteiger partial charge in [0.25, 0.3) is 0 Å². The topological polar surface area (TPSA) is 59.2 Å². The lowest BCUT2D eigenvalue weighted by molar-refractivity contribution is 0.0260. The molecule has 6 heteroatoms. The summed E-state index contributed by atoms with van der Waals surface area (Å²) < 4.78 is 11.8. The van der Waals surface area contributed by atoms with Crippen molar-refractivity contribution in [3.05, 3.63) is 40.8 Å². The van der Waals surface area contributed by atoms with Crippen molar-refractivity contribution in [1.82, 2.24) is 15.3 Å². The number of rotatable bonds is 6. The summed E-state index contributed by atoms with van der Waals surface area (Å²) in [4.78, 5) is 7.93. The molecule has 2 aromatic rings. The number of nitrogens with zero attached hydrogens (tertiary/aromatic N) is 1. The van der Waals surface area contributed by atoms with Crippen LogP contribution in [0.2, 0.25) is 0 Å². The maximum Gasteiger partial charge on any atom is 0.123 e. The van der Waals surface area contributed by atoms with Gasteiger partial charge in [-0.15, -0.1) is 0 Å². The maximum absolute atomic E-state index is 5.77. The van der Waals surface area contributed by atoms with E-state index in [-0.39, 0.29) is 12.1 Å². The van der Waals surface area contributed by atoms with Gasteiger partial charge in [-0.2, -0.15) is 0 Å². The van der Waals surface area contributed by atoms with E-state index in [9.17, 15) is 0 Å². The van der Waals surface area contributed by atoms with Crippen molar-refractivity contribution in [2.24, 2.45) is 0 Å². The van der Waals surface area contributed by atoms with Gasteiger partial charge < -0.3 is 19.8 Å². The Morgan fingerprint density at radius 2 is 2.09 bits per heavy atom. The highest BCUT2D eigenvalue weighted by atomic mass is 79.9. The fraction of sp³-hybridized carbons (Fsp3) is 0.438. The first-order valence-corrected chi connectivity index (χ1v) is 8.20. The zero-order valence-corrected chi connectivity index (χ0v) is 14.1. The fourth-order valence-corrected chi connectivity index (χ4v) is 2.89. The van der Waals surface area contributed by atoms with E-state index in [0.717, 1.165) is 34.5 Å². The van der Waals surface area contributed by atoms with Crippen molar-refractivity contribution in [2.75, 3.05) is 26.9 Å². The summed E-state index contributed by atoms with van der Waals surface area (Å²) >= 11 is 3.45. The molecule has 0 spiro atoms. The van der Waals surface area contributed by atoms with Crippen LogP contribution in [-0.4, -0.2) is 42.9 Å². The van der Waals surface area contributed by atoms with Gasteiger partial charge in [0.2, 0.25) is 0 Å². The second kappa shape index (κ2) is 7.37. The number of benzene rings is 1. The Morgan fingerprint density at radius 1 is 1.27 bits per heavy atom. The quantitative estimate of drug-likeness (QED) is 0.772. The molecule has 3 rings (SSSR count). The Balaban J connectivity index is 1.61. The monoisotopic (exact) mass is 365 g/mol. The molecule has 0 bridgehead atoms. The number of H-pyrrole nitrogens is 1. The summed E-state index contributed by atoms with van der Waals surface area (Å²) in [6.07, 6.45) is 3.04. The first-order valence-electron chi connectivity index (χ1n) is 7.41. The molecule has 0 radical (unpaired) electrons. The van der Waals surface area contributed by atoms with E-state index < -0.39 is 0 Å². The molecule has 1 aromatic heterocycles. The maximum atomic E-state index is 5.77. The molecule has 2 N–H and O–H groups in total. The number of hydrogen-bond acceptors (Lipinski definition) is 4. The standard InChI is InChI=1S/C16H20BrN3O2/c1-21-6-7-22-13-8-14(18-9-13)16-19-10-15(20-16)11-2-4-12(17)5-3-11/h2-5,10,13-14,18H,6-9H2,1H3,(H,19,20). The third-order valence-corrected chi connectivity index (χ3v) is 4.34. The summed E-state index contributed by atoms with van der Waals surface area (Å²) in [6, 6.07) is 8.42. The van der Waals surface area contributed by atoms with Crippen molar-refractivity contribution in [1.29, 1.82) is 0 Å². The van der Waals surface area contributed by atoms with Crippen LogP contribution in [0.4, 0.5) is 0 Å². The summed E-state index contributed by atoms with van der Waals surface area (Å²) in [5, 5.41) is 3.46. The highest BCUT2D eigenvalue weighted by Gasteiger charge is 2.27. The average Bonchev–Trinajstić information content (AvgIpc) is 3.17. The molecule has 2 unspecified atom stereocenters. The van der Waals surface area contributed by atoms with Crippen molar-refractivity contribution >= 4 is 15.9 Å². The number of aromatic nitrogens is 2. The van der Waals surface area contributed by atoms with Gasteiger partial charge in [0.05, 0.1) is 37.3 Å². The highest BCUT2D eigenvalue weighted by Crippen LogP contribution is 2.26. The molecule has 0 saturated carbocycles. The highest BCUT2D eigenvalue weighted by molar-refractivity contribution is 9.10. The van der Waals surface area contributed by atoms with Crippen LogP contribution in [0.25, 0.3) is 11.3 Å². The van der Waals surface area contributed by atoms with Crippen molar-refractivity contribution in [2.45, 2.75) is 18.6 Å². The number of aromatic amines is 1. The molecule has 1 fully saturated rings. The third-order valence-electron chi connectivity index (χ3n) is 3.81. The van der Waals surface area contributed by atoms with Crippen molar-refractivity contribution in [3.63, 3.8) is 0 Å². The largest absolute Gasteiger partial charge is 0.382 e. The number of nitrogens with one attached hydrogen (secondary N) is 2. The average molecular weight is 366 g/mol. The number of hydrogen-bond donors (Lipinski definition) is 2. The predicted octanol–water partition coefficient (Wildman–Crippen LogP) is 2.91. The van der Waals surface area contributed by atoms with Crippen molar-refractivity contribution in [3.8, 4) is 11.3 Å². The molecule has 1 aromatic carbocycles. The molecule has 118 valence electrons. The number of imidazole rings is 1. The lowest BCUT2D eigenvalue weighted by Gasteiger charge is -2.10. The van der Waals surface area contributed by atoms with Gasteiger partial charge in [-0.3, -0.25) is 0 Å². The zero-order valence-electron chi connectivity index (χ0n) is 12.5. The molecule has 1 aliphatic rings. The van der Waals surface area contributed by atoms with Crippen LogP contribution in [0.1, 0.15) is 18.3 Å². The molecule has 5 nitrogen and oxygen atoms in total. The normalized spacial score (nSPS) is 21.4. The van der Waals surface area contributed by atoms with Crippen LogP contribution in [-0.2, 0) is 9.47 Å². The van der Waals surface area contributed by atoms with E-state index in [2.05, 4.69) is 43.3 Å². The SMILES string of the molecule is COCCOC1CNC(c2ncc(-c3ccc(Br)cc3)[nH]2)C1. The zero-order chi connectivity index (χ0) is 15.4. The second-order valence-corrected chi connectivity index (χ2v) is 6.29. The minimum absolute atomic E-state index is 0.219. The van der Waals surface area contributed by atoms with E-state index in [1.807, 2.05) is 18.3 Å². The minimum Gasteiger partial charge on any atom is -0.382 e. The van der Waals surface area contributed by atoms with Crippen LogP contribution in [0, 0.1) is 0 Å². The smallest absolute Gasteiger partial charge is 0.123 e. The van der Waals surface area contributed by atoms with Gasteiger partial charge in [0, 0.05) is 18.1 Å². The van der Waals surface area contributed by atoms with E-state index in [0.29, 0.717) is 13.2 Å². The molecule has 22 heavy (non-hydrogen) atoms. The predicted molar refractivity (Wildman–Crippen MR) is 88.7 cm³/mol. The Labute approximate surface area is 138 Å². The van der Waals surface area contributed by atoms with E-state index in [1.54, 1.807) is 7.11 Å². The van der Waals surface area contributed by atoms with Crippen molar-refractivity contribution < 1.29 is 9.47 Å². The van der Waals surface area contributed by atoms with Crippen LogP contribution >= 0.6 is 15.9 Å². The minimum atomic E-state index is 0.219. The summed E-state index contributed by atoms with van der Waals surface area (Å²) in [6.45, 7) is 2.12. The summed E-state index contributed by atoms with van der Waals surface area (Å²) in [5.41, 5.74) is 2.17. The Hall–Kier alpha value is -1.21. The van der Waals surface area contributed by atoms with Crippen LogP contribution < -0.4 is 5.32 Å². The number of methoxy groups -OCH3 is 1. The van der Waals surface area contributed by atoms with Gasteiger partial charge in [-0.05, 0) is 24.1 Å². The Morgan fingerprint density at radius 3 is 2.86 bits per heavy atom. The van der Waals surface area contributed by atoms with Crippen LogP contribution in [0.15, 0.2) is 34.9 Å². The lowest BCUT2D eigenvalue weighted by atomic mass is 10.2. The summed E-state index contributed by atoms with van der Waals surface area (Å²) in [7, 11) is 1.69. The Kier molecular flexibility index (Phi) is 5.25. The van der Waals surface area contributed by atoms with Gasteiger partial charge in [0.1, 0.15) is 5.82 Å². The first-order chi connectivity index (χ1) is 10.8.